The fraction of sp³-hybridized carbons (Fsp3) is 0.750. The van der Waals surface area contributed by atoms with Gasteiger partial charge in [-0.15, -0.1) is 10.2 Å². The molecule has 0 saturated carbocycles. The van der Waals surface area contributed by atoms with Crippen molar-refractivity contribution in [1.29, 1.82) is 0 Å². The molecule has 9 heteroatoms. The quantitative estimate of drug-likeness (QED) is 0.735. The first-order valence-corrected chi connectivity index (χ1v) is 9.41. The minimum atomic E-state index is -2.99. The molecular formula is C12H20N4O3S2. The van der Waals surface area contributed by atoms with E-state index < -0.39 is 9.84 Å². The van der Waals surface area contributed by atoms with Crippen molar-refractivity contribution in [2.75, 3.05) is 18.6 Å². The Kier molecular flexibility index (Phi) is 4.62. The average molecular weight is 332 g/mol. The number of sulfone groups is 1. The van der Waals surface area contributed by atoms with Gasteiger partial charge in [-0.2, -0.15) is 0 Å². The molecule has 1 amide bonds. The molecule has 0 spiro atoms. The van der Waals surface area contributed by atoms with E-state index in [1.165, 1.54) is 11.8 Å². The summed E-state index contributed by atoms with van der Waals surface area (Å²) in [7, 11) is 0.534. The standard InChI is InChI=1S/C12H20N4O3S2/c1-8(20-12-14-13-9(2)15(12)3)11(17)16(4)10-5-6-21(18,19)7-10/h8,10H,5-7H2,1-4H3/t8-,10-/m1/s1. The Morgan fingerprint density at radius 2 is 2.14 bits per heavy atom. The van der Waals surface area contributed by atoms with Crippen LogP contribution in [0.5, 0.6) is 0 Å². The summed E-state index contributed by atoms with van der Waals surface area (Å²) in [5, 5.41) is 8.33. The zero-order chi connectivity index (χ0) is 15.8. The first kappa shape index (κ1) is 16.3. The highest BCUT2D eigenvalue weighted by Crippen LogP contribution is 2.24. The maximum absolute atomic E-state index is 12.4. The third-order valence-electron chi connectivity index (χ3n) is 3.79. The van der Waals surface area contributed by atoms with Gasteiger partial charge in [0.2, 0.25) is 5.91 Å². The van der Waals surface area contributed by atoms with Crippen LogP contribution in [-0.4, -0.2) is 63.8 Å². The fourth-order valence-electron chi connectivity index (χ4n) is 2.25. The van der Waals surface area contributed by atoms with Crippen LogP contribution in [0.1, 0.15) is 19.2 Å². The first-order chi connectivity index (χ1) is 9.71. The predicted molar refractivity (Wildman–Crippen MR) is 80.9 cm³/mol. The molecule has 0 unspecified atom stereocenters. The summed E-state index contributed by atoms with van der Waals surface area (Å²) in [6.45, 7) is 3.65. The molecule has 1 fully saturated rings. The van der Waals surface area contributed by atoms with Crippen molar-refractivity contribution in [2.24, 2.45) is 7.05 Å². The molecule has 1 saturated heterocycles. The summed E-state index contributed by atoms with van der Waals surface area (Å²) in [4.78, 5) is 14.0. The molecule has 0 radical (unpaired) electrons. The van der Waals surface area contributed by atoms with Crippen LogP contribution < -0.4 is 0 Å². The van der Waals surface area contributed by atoms with Crippen LogP contribution in [0, 0.1) is 6.92 Å². The topological polar surface area (TPSA) is 85.2 Å². The number of rotatable bonds is 4. The van der Waals surface area contributed by atoms with Crippen LogP contribution in [0.2, 0.25) is 0 Å². The summed E-state index contributed by atoms with van der Waals surface area (Å²) in [6.07, 6.45) is 0.519. The van der Waals surface area contributed by atoms with Crippen LogP contribution >= 0.6 is 11.8 Å². The van der Waals surface area contributed by atoms with Gasteiger partial charge in [-0.3, -0.25) is 4.79 Å². The van der Waals surface area contributed by atoms with Crippen molar-refractivity contribution in [3.05, 3.63) is 5.82 Å². The van der Waals surface area contributed by atoms with Crippen molar-refractivity contribution in [3.8, 4) is 0 Å². The molecule has 0 bridgehead atoms. The van der Waals surface area contributed by atoms with E-state index >= 15 is 0 Å². The third kappa shape index (κ3) is 3.57. The molecule has 1 aromatic heterocycles. The lowest BCUT2D eigenvalue weighted by atomic mass is 10.2. The maximum atomic E-state index is 12.4. The van der Waals surface area contributed by atoms with Crippen molar-refractivity contribution < 1.29 is 13.2 Å². The van der Waals surface area contributed by atoms with Gasteiger partial charge in [0, 0.05) is 20.1 Å². The molecule has 2 rings (SSSR count). The number of amides is 1. The molecule has 2 atom stereocenters. The van der Waals surface area contributed by atoms with Crippen molar-refractivity contribution in [1.82, 2.24) is 19.7 Å². The van der Waals surface area contributed by atoms with Crippen molar-refractivity contribution in [2.45, 2.75) is 36.7 Å². The number of aryl methyl sites for hydroxylation is 1. The van der Waals surface area contributed by atoms with Gasteiger partial charge in [0.15, 0.2) is 15.0 Å². The molecule has 1 aromatic rings. The Morgan fingerprint density at radius 3 is 2.62 bits per heavy atom. The van der Waals surface area contributed by atoms with Gasteiger partial charge in [0.25, 0.3) is 0 Å². The van der Waals surface area contributed by atoms with Crippen LogP contribution in [0.4, 0.5) is 0 Å². The van der Waals surface area contributed by atoms with Crippen LogP contribution in [0.25, 0.3) is 0 Å². The zero-order valence-electron chi connectivity index (χ0n) is 12.6. The predicted octanol–water partition coefficient (Wildman–Crippen LogP) is 0.250. The molecule has 2 heterocycles. The van der Waals surface area contributed by atoms with E-state index in [0.29, 0.717) is 11.6 Å². The van der Waals surface area contributed by atoms with Gasteiger partial charge in [-0.1, -0.05) is 11.8 Å². The summed E-state index contributed by atoms with van der Waals surface area (Å²) >= 11 is 1.33. The van der Waals surface area contributed by atoms with Gasteiger partial charge < -0.3 is 9.47 Å². The van der Waals surface area contributed by atoms with E-state index in [9.17, 15) is 13.2 Å². The highest BCUT2D eigenvalue weighted by molar-refractivity contribution is 8.00. The normalized spacial score (nSPS) is 22.2. The van der Waals surface area contributed by atoms with Crippen molar-refractivity contribution >= 4 is 27.5 Å². The lowest BCUT2D eigenvalue weighted by Gasteiger charge is -2.26. The number of aromatic nitrogens is 3. The minimum Gasteiger partial charge on any atom is -0.341 e. The Labute approximate surface area is 129 Å². The highest BCUT2D eigenvalue weighted by atomic mass is 32.2. The summed E-state index contributed by atoms with van der Waals surface area (Å²) in [5.74, 6) is 0.935. The molecule has 1 aliphatic rings. The Hall–Kier alpha value is -1.09. The Balaban J connectivity index is 2.01. The number of nitrogens with zero attached hydrogens (tertiary/aromatic N) is 4. The van der Waals surface area contributed by atoms with Crippen molar-refractivity contribution in [3.63, 3.8) is 0 Å². The van der Waals surface area contributed by atoms with Crippen LogP contribution in [0.3, 0.4) is 0 Å². The molecular weight excluding hydrogens is 312 g/mol. The number of carbonyl (C=O) groups is 1. The smallest absolute Gasteiger partial charge is 0.235 e. The molecule has 1 aliphatic heterocycles. The van der Waals surface area contributed by atoms with E-state index in [4.69, 9.17) is 0 Å². The fourth-order valence-corrected chi connectivity index (χ4v) is 4.98. The largest absolute Gasteiger partial charge is 0.341 e. The van der Waals surface area contributed by atoms with E-state index in [-0.39, 0.29) is 28.7 Å². The van der Waals surface area contributed by atoms with Crippen LogP contribution in [-0.2, 0) is 21.7 Å². The van der Waals surface area contributed by atoms with Gasteiger partial charge in [0.05, 0.1) is 16.8 Å². The summed E-state index contributed by atoms with van der Waals surface area (Å²) in [6, 6.07) is -0.216. The monoisotopic (exact) mass is 332 g/mol. The number of thioether (sulfide) groups is 1. The molecule has 21 heavy (non-hydrogen) atoms. The second-order valence-electron chi connectivity index (χ2n) is 5.35. The van der Waals surface area contributed by atoms with E-state index in [1.54, 1.807) is 18.9 Å². The van der Waals surface area contributed by atoms with E-state index in [1.807, 2.05) is 18.5 Å². The minimum absolute atomic E-state index is 0.0652. The second kappa shape index (κ2) is 5.96. The Bertz CT molecular complexity index is 641. The van der Waals surface area contributed by atoms with Gasteiger partial charge >= 0.3 is 0 Å². The SMILES string of the molecule is Cc1nnc(S[C@H](C)C(=O)N(C)[C@@H]2CCS(=O)(=O)C2)n1C. The molecule has 0 aliphatic carbocycles. The molecule has 118 valence electrons. The first-order valence-electron chi connectivity index (χ1n) is 6.71. The van der Waals surface area contributed by atoms with Gasteiger partial charge in [-0.05, 0) is 20.3 Å². The van der Waals surface area contributed by atoms with Gasteiger partial charge in [-0.25, -0.2) is 8.42 Å². The third-order valence-corrected chi connectivity index (χ3v) is 6.66. The zero-order valence-corrected chi connectivity index (χ0v) is 14.2. The van der Waals surface area contributed by atoms with Gasteiger partial charge in [0.1, 0.15) is 5.82 Å². The highest BCUT2D eigenvalue weighted by Gasteiger charge is 2.34. The van der Waals surface area contributed by atoms with E-state index in [2.05, 4.69) is 10.2 Å². The van der Waals surface area contributed by atoms with Crippen LogP contribution in [0.15, 0.2) is 5.16 Å². The number of hydrogen-bond donors (Lipinski definition) is 0. The summed E-state index contributed by atoms with van der Waals surface area (Å²) in [5.41, 5.74) is 0. The molecule has 7 nitrogen and oxygen atoms in total. The molecule has 0 N–H and O–H groups in total. The Morgan fingerprint density at radius 1 is 1.48 bits per heavy atom. The number of carbonyl (C=O) groups excluding carboxylic acids is 1. The second-order valence-corrected chi connectivity index (χ2v) is 8.89. The lowest BCUT2D eigenvalue weighted by Crippen LogP contribution is -2.41. The maximum Gasteiger partial charge on any atom is 0.235 e. The average Bonchev–Trinajstić information content (AvgIpc) is 2.93. The lowest BCUT2D eigenvalue weighted by molar-refractivity contribution is -0.130. The number of hydrogen-bond acceptors (Lipinski definition) is 6. The van der Waals surface area contributed by atoms with E-state index in [0.717, 1.165) is 5.82 Å². The molecule has 0 aromatic carbocycles. The summed E-state index contributed by atoms with van der Waals surface area (Å²) < 4.78 is 24.9.